The molecule has 0 heterocycles. The summed E-state index contributed by atoms with van der Waals surface area (Å²) in [7, 11) is 0. The van der Waals surface area contributed by atoms with E-state index in [0.29, 0.717) is 0 Å². The summed E-state index contributed by atoms with van der Waals surface area (Å²) >= 11 is 0. The van der Waals surface area contributed by atoms with E-state index in [0.717, 1.165) is 5.69 Å². The molecule has 0 bridgehead atoms. The zero-order chi connectivity index (χ0) is 11.4. The molecule has 0 amide bonds. The first-order valence-electron chi connectivity index (χ1n) is 4.89. The van der Waals surface area contributed by atoms with Crippen molar-refractivity contribution in [3.05, 3.63) is 58.7 Å². The summed E-state index contributed by atoms with van der Waals surface area (Å²) in [6.07, 6.45) is 9.78. The highest BCUT2D eigenvalue weighted by molar-refractivity contribution is 5.71. The van der Waals surface area contributed by atoms with Crippen LogP contribution in [0.2, 0.25) is 0 Å². The Bertz CT molecular complexity index is 460. The molecule has 0 aliphatic heterocycles. The van der Waals surface area contributed by atoms with E-state index in [1.165, 1.54) is 12.1 Å². The number of hydrogen-bond donors (Lipinski definition) is 0. The minimum Gasteiger partial charge on any atom is -0.260 e. The Morgan fingerprint density at radius 2 is 1.81 bits per heavy atom. The number of hydrogen-bond acceptors (Lipinski definition) is 3. The van der Waals surface area contributed by atoms with E-state index in [2.05, 4.69) is 4.99 Å². The summed E-state index contributed by atoms with van der Waals surface area (Å²) in [6, 6.07) is 6.17. The Hall–Kier alpha value is -2.23. The summed E-state index contributed by atoms with van der Waals surface area (Å²) in [6.45, 7) is 0. The summed E-state index contributed by atoms with van der Waals surface area (Å²) in [5, 5.41) is 10.4. The van der Waals surface area contributed by atoms with Gasteiger partial charge >= 0.3 is 0 Å². The van der Waals surface area contributed by atoms with Crippen molar-refractivity contribution in [1.82, 2.24) is 0 Å². The molecular formula is C12H10N2O2. The molecule has 0 saturated carbocycles. The van der Waals surface area contributed by atoms with Gasteiger partial charge in [0, 0.05) is 24.3 Å². The van der Waals surface area contributed by atoms with E-state index in [9.17, 15) is 10.1 Å². The number of nitro benzene ring substituents is 1. The van der Waals surface area contributed by atoms with Crippen molar-refractivity contribution in [2.45, 2.75) is 0 Å². The van der Waals surface area contributed by atoms with E-state index >= 15 is 0 Å². The topological polar surface area (TPSA) is 55.5 Å². The largest absolute Gasteiger partial charge is 0.269 e. The van der Waals surface area contributed by atoms with Crippen molar-refractivity contribution in [3.8, 4) is 0 Å². The molecular weight excluding hydrogens is 204 g/mol. The van der Waals surface area contributed by atoms with Gasteiger partial charge in [-0.25, -0.2) is 0 Å². The van der Waals surface area contributed by atoms with Gasteiger partial charge in [-0.3, -0.25) is 15.1 Å². The second-order valence-corrected chi connectivity index (χ2v) is 3.40. The third kappa shape index (κ3) is 2.42. The van der Waals surface area contributed by atoms with Crippen molar-refractivity contribution in [2.75, 3.05) is 0 Å². The van der Waals surface area contributed by atoms with Gasteiger partial charge in [0.25, 0.3) is 5.69 Å². The molecule has 0 spiro atoms. The highest BCUT2D eigenvalue weighted by atomic mass is 16.6. The Morgan fingerprint density at radius 1 is 1.19 bits per heavy atom. The van der Waals surface area contributed by atoms with Crippen LogP contribution in [-0.2, 0) is 0 Å². The molecule has 0 N–H and O–H groups in total. The van der Waals surface area contributed by atoms with Crippen LogP contribution < -0.4 is 0 Å². The number of benzene rings is 1. The highest BCUT2D eigenvalue weighted by Crippen LogP contribution is 2.18. The first kappa shape index (κ1) is 10.3. The number of aliphatic imine (C=N–C) groups is 1. The molecule has 0 aromatic heterocycles. The van der Waals surface area contributed by atoms with Gasteiger partial charge in [-0.05, 0) is 12.1 Å². The number of allylic oxidation sites excluding steroid dienone is 4. The lowest BCUT2D eigenvalue weighted by Crippen LogP contribution is -1.89. The van der Waals surface area contributed by atoms with E-state index in [1.54, 1.807) is 18.3 Å². The van der Waals surface area contributed by atoms with Gasteiger partial charge in [0.1, 0.15) is 0 Å². The molecule has 1 aliphatic carbocycles. The molecule has 0 unspecified atom stereocenters. The lowest BCUT2D eigenvalue weighted by molar-refractivity contribution is -0.384. The average Bonchev–Trinajstić information content (AvgIpc) is 2.80. The average molecular weight is 214 g/mol. The Labute approximate surface area is 92.8 Å². The minimum atomic E-state index is -0.421. The van der Waals surface area contributed by atoms with Crippen LogP contribution in [0.3, 0.4) is 0 Å². The quantitative estimate of drug-likeness (QED) is 0.441. The normalized spacial score (nSPS) is 15.0. The zero-order valence-electron chi connectivity index (χ0n) is 8.48. The fourth-order valence-electron chi connectivity index (χ4n) is 1.38. The SMILES string of the molecule is O=[N+]([O-])c1ccc(N=CC2C=CC=C2)cc1. The summed E-state index contributed by atoms with van der Waals surface area (Å²) in [5.41, 5.74) is 0.805. The summed E-state index contributed by atoms with van der Waals surface area (Å²) in [4.78, 5) is 14.2. The molecule has 16 heavy (non-hydrogen) atoms. The van der Waals surface area contributed by atoms with Crippen LogP contribution in [-0.4, -0.2) is 11.1 Å². The summed E-state index contributed by atoms with van der Waals surface area (Å²) in [5.74, 6) is 0.232. The third-order valence-corrected chi connectivity index (χ3v) is 2.23. The molecule has 4 nitrogen and oxygen atoms in total. The van der Waals surface area contributed by atoms with Gasteiger partial charge in [-0.1, -0.05) is 24.3 Å². The van der Waals surface area contributed by atoms with E-state index in [4.69, 9.17) is 0 Å². The fraction of sp³-hybridized carbons (Fsp3) is 0.0833. The van der Waals surface area contributed by atoms with Crippen molar-refractivity contribution in [2.24, 2.45) is 10.9 Å². The van der Waals surface area contributed by atoms with Crippen molar-refractivity contribution in [3.63, 3.8) is 0 Å². The van der Waals surface area contributed by atoms with Crippen LogP contribution >= 0.6 is 0 Å². The maximum atomic E-state index is 10.4. The number of nitrogens with zero attached hydrogens (tertiary/aromatic N) is 2. The van der Waals surface area contributed by atoms with Crippen LogP contribution in [0.1, 0.15) is 0 Å². The lowest BCUT2D eigenvalue weighted by Gasteiger charge is -1.96. The van der Waals surface area contributed by atoms with Gasteiger partial charge in [-0.2, -0.15) is 0 Å². The van der Waals surface area contributed by atoms with Crippen molar-refractivity contribution in [1.29, 1.82) is 0 Å². The maximum Gasteiger partial charge on any atom is 0.269 e. The van der Waals surface area contributed by atoms with Gasteiger partial charge in [-0.15, -0.1) is 0 Å². The van der Waals surface area contributed by atoms with Crippen LogP contribution in [0, 0.1) is 16.0 Å². The highest BCUT2D eigenvalue weighted by Gasteiger charge is 2.03. The van der Waals surface area contributed by atoms with Crippen LogP contribution in [0.4, 0.5) is 11.4 Å². The Balaban J connectivity index is 2.07. The van der Waals surface area contributed by atoms with Crippen LogP contribution in [0.25, 0.3) is 0 Å². The van der Waals surface area contributed by atoms with Crippen molar-refractivity contribution >= 4 is 17.6 Å². The zero-order valence-corrected chi connectivity index (χ0v) is 8.48. The predicted molar refractivity (Wildman–Crippen MR) is 63.0 cm³/mol. The number of nitro groups is 1. The molecule has 0 atom stereocenters. The molecule has 0 saturated heterocycles. The van der Waals surface area contributed by atoms with E-state index in [-0.39, 0.29) is 11.6 Å². The first-order chi connectivity index (χ1) is 7.75. The fourth-order valence-corrected chi connectivity index (χ4v) is 1.38. The molecule has 0 fully saturated rings. The van der Waals surface area contributed by atoms with Gasteiger partial charge < -0.3 is 0 Å². The molecule has 1 aliphatic rings. The maximum absolute atomic E-state index is 10.4. The Morgan fingerprint density at radius 3 is 2.38 bits per heavy atom. The molecule has 0 radical (unpaired) electrons. The monoisotopic (exact) mass is 214 g/mol. The minimum absolute atomic E-state index is 0.0830. The van der Waals surface area contributed by atoms with Gasteiger partial charge in [0.15, 0.2) is 0 Å². The smallest absolute Gasteiger partial charge is 0.260 e. The molecule has 1 aromatic rings. The summed E-state index contributed by atoms with van der Waals surface area (Å²) < 4.78 is 0. The van der Waals surface area contributed by atoms with Crippen LogP contribution in [0.5, 0.6) is 0 Å². The van der Waals surface area contributed by atoms with E-state index < -0.39 is 4.92 Å². The second-order valence-electron chi connectivity index (χ2n) is 3.40. The van der Waals surface area contributed by atoms with E-state index in [1.807, 2.05) is 24.3 Å². The van der Waals surface area contributed by atoms with Crippen molar-refractivity contribution < 1.29 is 4.92 Å². The second kappa shape index (κ2) is 4.53. The molecule has 2 rings (SSSR count). The first-order valence-corrected chi connectivity index (χ1v) is 4.89. The number of non-ortho nitro benzene ring substituents is 1. The Kier molecular flexibility index (Phi) is 2.91. The molecule has 4 heteroatoms. The predicted octanol–water partition coefficient (Wildman–Crippen LogP) is 3.04. The number of rotatable bonds is 3. The third-order valence-electron chi connectivity index (χ3n) is 2.23. The van der Waals surface area contributed by atoms with Gasteiger partial charge in [0.2, 0.25) is 0 Å². The van der Waals surface area contributed by atoms with Gasteiger partial charge in [0.05, 0.1) is 10.6 Å². The molecule has 80 valence electrons. The van der Waals surface area contributed by atoms with Crippen LogP contribution in [0.15, 0.2) is 53.6 Å². The lowest BCUT2D eigenvalue weighted by atomic mass is 10.2. The molecule has 1 aromatic carbocycles. The standard InChI is InChI=1S/C12H10N2O2/c15-14(16)12-7-5-11(6-8-12)13-9-10-3-1-2-4-10/h1-10H.